The number of carbonyl (C=O) groups excluding carboxylic acids is 2. The van der Waals surface area contributed by atoms with Crippen molar-refractivity contribution in [1.29, 1.82) is 0 Å². The molecule has 3 saturated heterocycles. The fourth-order valence-corrected chi connectivity index (χ4v) is 6.59. The first kappa shape index (κ1) is 24.9. The molecule has 1 aromatic rings. The standard InChI is InChI=1S/C24H35N3O6S/c1-32-21-7-6-20(18-22(21)34(30,31)27-14-16-33-17-15-27)24(29)26-12-8-19(9-13-26)23(28)25-10-4-2-3-5-11-25/h6-7,18-19H,2-5,8-17H2,1H3. The summed E-state index contributed by atoms with van der Waals surface area (Å²) in [5.74, 6) is 0.166. The van der Waals surface area contributed by atoms with Crippen LogP contribution in [0.5, 0.6) is 5.75 Å². The van der Waals surface area contributed by atoms with Gasteiger partial charge < -0.3 is 19.3 Å². The first-order valence-corrected chi connectivity index (χ1v) is 13.7. The van der Waals surface area contributed by atoms with E-state index >= 15 is 0 Å². The number of nitrogens with zero attached hydrogens (tertiary/aromatic N) is 3. The number of methoxy groups -OCH3 is 1. The Morgan fingerprint density at radius 3 is 2.18 bits per heavy atom. The quantitative estimate of drug-likeness (QED) is 0.622. The molecule has 4 rings (SSSR count). The maximum atomic E-state index is 13.2. The third kappa shape index (κ3) is 5.39. The number of hydrogen-bond donors (Lipinski definition) is 0. The second-order valence-electron chi connectivity index (χ2n) is 9.19. The Hall–Kier alpha value is -2.17. The van der Waals surface area contributed by atoms with Gasteiger partial charge in [0.15, 0.2) is 0 Å². The van der Waals surface area contributed by atoms with Crippen LogP contribution in [0.2, 0.25) is 0 Å². The second-order valence-corrected chi connectivity index (χ2v) is 11.1. The number of carbonyl (C=O) groups is 2. The lowest BCUT2D eigenvalue weighted by molar-refractivity contribution is -0.136. The van der Waals surface area contributed by atoms with Gasteiger partial charge in [-0.1, -0.05) is 12.8 Å². The molecule has 2 amide bonds. The molecule has 0 atom stereocenters. The maximum Gasteiger partial charge on any atom is 0.253 e. The maximum absolute atomic E-state index is 13.2. The number of piperidine rings is 1. The van der Waals surface area contributed by atoms with Crippen LogP contribution in [0, 0.1) is 5.92 Å². The topological polar surface area (TPSA) is 96.5 Å². The average Bonchev–Trinajstić information content (AvgIpc) is 3.18. The van der Waals surface area contributed by atoms with E-state index in [0.29, 0.717) is 44.7 Å². The zero-order chi connectivity index (χ0) is 24.1. The minimum atomic E-state index is -3.82. The van der Waals surface area contributed by atoms with Crippen molar-refractivity contribution >= 4 is 21.8 Å². The first-order valence-electron chi connectivity index (χ1n) is 12.3. The fourth-order valence-electron chi connectivity index (χ4n) is 5.00. The molecule has 9 nitrogen and oxygen atoms in total. The minimum Gasteiger partial charge on any atom is -0.495 e. The highest BCUT2D eigenvalue weighted by Gasteiger charge is 2.33. The molecule has 3 aliphatic heterocycles. The highest BCUT2D eigenvalue weighted by molar-refractivity contribution is 7.89. The Kier molecular flexibility index (Phi) is 8.10. The van der Waals surface area contributed by atoms with Crippen molar-refractivity contribution in [3.05, 3.63) is 23.8 Å². The van der Waals surface area contributed by atoms with E-state index in [1.165, 1.54) is 36.4 Å². The Bertz CT molecular complexity index is 976. The van der Waals surface area contributed by atoms with E-state index < -0.39 is 10.0 Å². The summed E-state index contributed by atoms with van der Waals surface area (Å²) >= 11 is 0. The fraction of sp³-hybridized carbons (Fsp3) is 0.667. The Morgan fingerprint density at radius 1 is 0.912 bits per heavy atom. The molecular weight excluding hydrogens is 458 g/mol. The molecule has 10 heteroatoms. The molecule has 0 N–H and O–H groups in total. The van der Waals surface area contributed by atoms with Crippen LogP contribution in [-0.2, 0) is 19.6 Å². The first-order chi connectivity index (χ1) is 16.4. The Labute approximate surface area is 202 Å². The van der Waals surface area contributed by atoms with Crippen LogP contribution >= 0.6 is 0 Å². The zero-order valence-corrected chi connectivity index (χ0v) is 20.7. The Balaban J connectivity index is 1.44. The van der Waals surface area contributed by atoms with Gasteiger partial charge in [0.2, 0.25) is 15.9 Å². The number of amides is 2. The third-order valence-electron chi connectivity index (χ3n) is 7.05. The molecule has 0 bridgehead atoms. The van der Waals surface area contributed by atoms with Crippen molar-refractivity contribution in [2.24, 2.45) is 5.92 Å². The van der Waals surface area contributed by atoms with E-state index in [0.717, 1.165) is 25.9 Å². The summed E-state index contributed by atoms with van der Waals surface area (Å²) in [4.78, 5) is 29.9. The molecular formula is C24H35N3O6S. The van der Waals surface area contributed by atoms with Gasteiger partial charge in [-0.3, -0.25) is 9.59 Å². The zero-order valence-electron chi connectivity index (χ0n) is 19.9. The molecule has 3 heterocycles. The van der Waals surface area contributed by atoms with Crippen molar-refractivity contribution in [3.63, 3.8) is 0 Å². The van der Waals surface area contributed by atoms with Crippen molar-refractivity contribution in [3.8, 4) is 5.75 Å². The molecule has 0 aliphatic carbocycles. The summed E-state index contributed by atoms with van der Waals surface area (Å²) in [6, 6.07) is 4.56. The summed E-state index contributed by atoms with van der Waals surface area (Å²) in [5, 5.41) is 0. The molecule has 34 heavy (non-hydrogen) atoms. The molecule has 0 unspecified atom stereocenters. The van der Waals surface area contributed by atoms with Gasteiger partial charge in [-0.25, -0.2) is 8.42 Å². The van der Waals surface area contributed by atoms with Crippen molar-refractivity contribution < 1.29 is 27.5 Å². The summed E-state index contributed by atoms with van der Waals surface area (Å²) < 4.78 is 38.4. The molecule has 188 valence electrons. The second kappa shape index (κ2) is 11.0. The van der Waals surface area contributed by atoms with Crippen LogP contribution in [0.1, 0.15) is 48.9 Å². The number of likely N-dealkylation sites (tertiary alicyclic amines) is 2. The lowest BCUT2D eigenvalue weighted by Gasteiger charge is -2.34. The summed E-state index contributed by atoms with van der Waals surface area (Å²) in [6.45, 7) is 3.86. The lowest BCUT2D eigenvalue weighted by atomic mass is 9.94. The van der Waals surface area contributed by atoms with Crippen LogP contribution in [0.15, 0.2) is 23.1 Å². The van der Waals surface area contributed by atoms with Crippen LogP contribution in [0.4, 0.5) is 0 Å². The normalized spacial score (nSPS) is 21.2. The third-order valence-corrected chi connectivity index (χ3v) is 8.97. The average molecular weight is 494 g/mol. The van der Waals surface area contributed by atoms with Crippen LogP contribution in [0.25, 0.3) is 0 Å². The number of sulfonamides is 1. The van der Waals surface area contributed by atoms with Gasteiger partial charge >= 0.3 is 0 Å². The number of rotatable bonds is 5. The highest BCUT2D eigenvalue weighted by atomic mass is 32.2. The molecule has 0 aromatic heterocycles. The van der Waals surface area contributed by atoms with Crippen LogP contribution in [0.3, 0.4) is 0 Å². The molecule has 0 saturated carbocycles. The highest BCUT2D eigenvalue weighted by Crippen LogP contribution is 2.30. The largest absolute Gasteiger partial charge is 0.495 e. The number of hydrogen-bond acceptors (Lipinski definition) is 6. The van der Waals surface area contributed by atoms with E-state index in [1.54, 1.807) is 11.0 Å². The van der Waals surface area contributed by atoms with E-state index in [2.05, 4.69) is 0 Å². The minimum absolute atomic E-state index is 0.00558. The van der Waals surface area contributed by atoms with Crippen LogP contribution in [-0.4, -0.2) is 93.9 Å². The van der Waals surface area contributed by atoms with Crippen molar-refractivity contribution in [2.45, 2.75) is 43.4 Å². The number of benzene rings is 1. The predicted octanol–water partition coefficient (Wildman–Crippen LogP) is 1.97. The van der Waals surface area contributed by atoms with Gasteiger partial charge in [-0.15, -0.1) is 0 Å². The molecule has 1 aromatic carbocycles. The van der Waals surface area contributed by atoms with E-state index in [-0.39, 0.29) is 41.5 Å². The SMILES string of the molecule is COc1ccc(C(=O)N2CCC(C(=O)N3CCCCCC3)CC2)cc1S(=O)(=O)N1CCOCC1. The molecule has 0 spiro atoms. The van der Waals surface area contributed by atoms with E-state index in [9.17, 15) is 18.0 Å². The van der Waals surface area contributed by atoms with Gasteiger partial charge in [0.25, 0.3) is 5.91 Å². The van der Waals surface area contributed by atoms with Gasteiger partial charge in [0.05, 0.1) is 20.3 Å². The van der Waals surface area contributed by atoms with Crippen LogP contribution < -0.4 is 4.74 Å². The Morgan fingerprint density at radius 2 is 1.56 bits per heavy atom. The van der Waals surface area contributed by atoms with Gasteiger partial charge in [-0.05, 0) is 43.9 Å². The lowest BCUT2D eigenvalue weighted by Crippen LogP contribution is -2.44. The number of ether oxygens (including phenoxy) is 2. The summed E-state index contributed by atoms with van der Waals surface area (Å²) in [5.41, 5.74) is 0.310. The number of morpholine rings is 1. The molecule has 0 radical (unpaired) electrons. The van der Waals surface area contributed by atoms with Crippen molar-refractivity contribution in [2.75, 3.05) is 59.6 Å². The summed E-state index contributed by atoms with van der Waals surface area (Å²) in [6.07, 6.45) is 5.77. The molecule has 3 fully saturated rings. The predicted molar refractivity (Wildman–Crippen MR) is 126 cm³/mol. The smallest absolute Gasteiger partial charge is 0.253 e. The van der Waals surface area contributed by atoms with Gasteiger partial charge in [0.1, 0.15) is 10.6 Å². The summed E-state index contributed by atoms with van der Waals surface area (Å²) in [7, 11) is -2.40. The van der Waals surface area contributed by atoms with Gasteiger partial charge in [-0.2, -0.15) is 4.31 Å². The monoisotopic (exact) mass is 493 g/mol. The van der Waals surface area contributed by atoms with E-state index in [1.807, 2.05) is 4.90 Å². The van der Waals surface area contributed by atoms with Gasteiger partial charge in [0, 0.05) is 50.7 Å². The van der Waals surface area contributed by atoms with E-state index in [4.69, 9.17) is 9.47 Å². The van der Waals surface area contributed by atoms with Crippen molar-refractivity contribution in [1.82, 2.24) is 14.1 Å². The molecule has 3 aliphatic rings.